The first-order chi connectivity index (χ1) is 8.25. The van der Waals surface area contributed by atoms with Crippen LogP contribution >= 0.6 is 11.6 Å². The van der Waals surface area contributed by atoms with Crippen LogP contribution in [0.5, 0.6) is 0 Å². The predicted molar refractivity (Wildman–Crippen MR) is 73.9 cm³/mol. The van der Waals surface area contributed by atoms with E-state index in [4.69, 9.17) is 11.6 Å². The van der Waals surface area contributed by atoms with Gasteiger partial charge in [-0.05, 0) is 29.8 Å². The zero-order chi connectivity index (χ0) is 12.1. The lowest BCUT2D eigenvalue weighted by atomic mass is 10.2. The fourth-order valence-corrected chi connectivity index (χ4v) is 1.65. The first-order valence-corrected chi connectivity index (χ1v) is 5.72. The van der Waals surface area contributed by atoms with Crippen LogP contribution in [0.4, 0.5) is 5.69 Å². The number of anilines is 1. The summed E-state index contributed by atoms with van der Waals surface area (Å²) in [6.07, 6.45) is 1.79. The first-order valence-electron chi connectivity index (χ1n) is 5.34. The van der Waals surface area contributed by atoms with Crippen LogP contribution in [0.3, 0.4) is 0 Å². The molecule has 0 N–H and O–H groups in total. The summed E-state index contributed by atoms with van der Waals surface area (Å²) < 4.78 is 0. The van der Waals surface area contributed by atoms with Crippen molar-refractivity contribution in [2.45, 2.75) is 0 Å². The molecule has 0 aliphatic carbocycles. The topological polar surface area (TPSA) is 15.6 Å². The van der Waals surface area contributed by atoms with Crippen molar-refractivity contribution in [3.63, 3.8) is 0 Å². The summed E-state index contributed by atoms with van der Waals surface area (Å²) in [5.74, 6) is 0. The highest BCUT2D eigenvalue weighted by atomic mass is 35.5. The maximum Gasteiger partial charge on any atom is 0.0590 e. The van der Waals surface area contributed by atoms with Gasteiger partial charge >= 0.3 is 0 Å². The van der Waals surface area contributed by atoms with Crippen LogP contribution < -0.4 is 5.01 Å². The fourth-order valence-electron chi connectivity index (χ4n) is 1.45. The lowest BCUT2D eigenvalue weighted by Crippen LogP contribution is -2.08. The molecule has 0 radical (unpaired) electrons. The van der Waals surface area contributed by atoms with E-state index in [1.807, 2.05) is 66.7 Å². The third-order valence-electron chi connectivity index (χ3n) is 2.36. The Kier molecular flexibility index (Phi) is 3.78. The van der Waals surface area contributed by atoms with Crippen LogP contribution in [0.2, 0.25) is 5.02 Å². The molecule has 3 heteroatoms. The minimum atomic E-state index is 0.719. The largest absolute Gasteiger partial charge is 0.269 e. The normalized spacial score (nSPS) is 10.7. The van der Waals surface area contributed by atoms with Gasteiger partial charge in [0.1, 0.15) is 0 Å². The standard InChI is InChI=1S/C14H13ClN2/c1-17(14-8-3-2-4-9-14)16-11-12-6-5-7-13(15)10-12/h2-11H,1H3/b16-11+. The summed E-state index contributed by atoms with van der Waals surface area (Å²) in [4.78, 5) is 0. The highest BCUT2D eigenvalue weighted by Gasteiger charge is 1.95. The summed E-state index contributed by atoms with van der Waals surface area (Å²) in [5.41, 5.74) is 2.03. The molecule has 0 aliphatic heterocycles. The lowest BCUT2D eigenvalue weighted by Gasteiger charge is -2.11. The van der Waals surface area contributed by atoms with Crippen molar-refractivity contribution in [1.82, 2.24) is 0 Å². The monoisotopic (exact) mass is 244 g/mol. The third kappa shape index (κ3) is 3.33. The molecule has 17 heavy (non-hydrogen) atoms. The van der Waals surface area contributed by atoms with E-state index in [2.05, 4.69) is 5.10 Å². The molecule has 0 saturated carbocycles. The van der Waals surface area contributed by atoms with E-state index >= 15 is 0 Å². The maximum absolute atomic E-state index is 5.90. The molecule has 0 aliphatic rings. The summed E-state index contributed by atoms with van der Waals surface area (Å²) in [6.45, 7) is 0. The van der Waals surface area contributed by atoms with Crippen molar-refractivity contribution < 1.29 is 0 Å². The second kappa shape index (κ2) is 5.51. The Morgan fingerprint density at radius 2 is 1.82 bits per heavy atom. The molecule has 2 aromatic carbocycles. The van der Waals surface area contributed by atoms with E-state index in [-0.39, 0.29) is 0 Å². The second-order valence-electron chi connectivity index (χ2n) is 3.66. The molecule has 0 fully saturated rings. The zero-order valence-corrected chi connectivity index (χ0v) is 10.3. The number of para-hydroxylation sites is 1. The number of halogens is 1. The van der Waals surface area contributed by atoms with Crippen molar-refractivity contribution in [3.05, 3.63) is 65.2 Å². The molecule has 2 nitrogen and oxygen atoms in total. The SMILES string of the molecule is CN(/N=C/c1cccc(Cl)c1)c1ccccc1. The van der Waals surface area contributed by atoms with Crippen molar-refractivity contribution in [2.75, 3.05) is 12.1 Å². The summed E-state index contributed by atoms with van der Waals surface area (Å²) in [5, 5.41) is 6.89. The quantitative estimate of drug-likeness (QED) is 0.592. The van der Waals surface area contributed by atoms with Gasteiger partial charge in [-0.1, -0.05) is 41.9 Å². The Labute approximate surface area is 106 Å². The van der Waals surface area contributed by atoms with Crippen molar-refractivity contribution in [2.24, 2.45) is 5.10 Å². The number of nitrogens with zero attached hydrogens (tertiary/aromatic N) is 2. The Balaban J connectivity index is 2.11. The Bertz CT molecular complexity index is 509. The molecular weight excluding hydrogens is 232 g/mol. The van der Waals surface area contributed by atoms with Gasteiger partial charge < -0.3 is 0 Å². The molecule has 0 heterocycles. The van der Waals surface area contributed by atoms with Crippen molar-refractivity contribution >= 4 is 23.5 Å². The summed E-state index contributed by atoms with van der Waals surface area (Å²) in [7, 11) is 1.91. The fraction of sp³-hybridized carbons (Fsp3) is 0.0714. The molecule has 0 spiro atoms. The lowest BCUT2D eigenvalue weighted by molar-refractivity contribution is 1.02. The zero-order valence-electron chi connectivity index (χ0n) is 9.55. The van der Waals surface area contributed by atoms with E-state index in [1.54, 1.807) is 6.21 Å². The van der Waals surface area contributed by atoms with E-state index in [9.17, 15) is 0 Å². The molecule has 0 amide bonds. The molecule has 0 atom stereocenters. The van der Waals surface area contributed by atoms with Gasteiger partial charge in [-0.25, -0.2) is 0 Å². The molecule has 2 aromatic rings. The van der Waals surface area contributed by atoms with Gasteiger partial charge in [0.05, 0.1) is 11.9 Å². The Morgan fingerprint density at radius 3 is 2.53 bits per heavy atom. The molecule has 2 rings (SSSR count). The van der Waals surface area contributed by atoms with Crippen LogP contribution in [-0.2, 0) is 0 Å². The number of benzene rings is 2. The van der Waals surface area contributed by atoms with Crippen LogP contribution in [0.15, 0.2) is 59.7 Å². The minimum Gasteiger partial charge on any atom is -0.269 e. The third-order valence-corrected chi connectivity index (χ3v) is 2.59. The highest BCUT2D eigenvalue weighted by Crippen LogP contribution is 2.12. The van der Waals surface area contributed by atoms with Gasteiger partial charge in [0.15, 0.2) is 0 Å². The van der Waals surface area contributed by atoms with Gasteiger partial charge in [-0.3, -0.25) is 5.01 Å². The van der Waals surface area contributed by atoms with E-state index < -0.39 is 0 Å². The second-order valence-corrected chi connectivity index (χ2v) is 4.10. The van der Waals surface area contributed by atoms with E-state index in [1.165, 1.54) is 0 Å². The smallest absolute Gasteiger partial charge is 0.0590 e. The van der Waals surface area contributed by atoms with Gasteiger partial charge in [-0.2, -0.15) is 5.10 Å². The maximum atomic E-state index is 5.90. The van der Waals surface area contributed by atoms with Gasteiger partial charge in [0.25, 0.3) is 0 Å². The Hall–Kier alpha value is -1.80. The van der Waals surface area contributed by atoms with Gasteiger partial charge in [-0.15, -0.1) is 0 Å². The van der Waals surface area contributed by atoms with Gasteiger partial charge in [0, 0.05) is 12.1 Å². The highest BCUT2D eigenvalue weighted by molar-refractivity contribution is 6.30. The molecule has 0 saturated heterocycles. The molecular formula is C14H13ClN2. The van der Waals surface area contributed by atoms with E-state index in [0.717, 1.165) is 16.3 Å². The number of hydrogen-bond acceptors (Lipinski definition) is 2. The molecule has 0 unspecified atom stereocenters. The average Bonchev–Trinajstić information content (AvgIpc) is 2.37. The summed E-state index contributed by atoms with van der Waals surface area (Å²) in [6, 6.07) is 17.6. The van der Waals surface area contributed by atoms with Crippen LogP contribution in [0.1, 0.15) is 5.56 Å². The Morgan fingerprint density at radius 1 is 1.06 bits per heavy atom. The number of rotatable bonds is 3. The number of hydrogen-bond donors (Lipinski definition) is 0. The van der Waals surface area contributed by atoms with E-state index in [0.29, 0.717) is 0 Å². The molecule has 0 aromatic heterocycles. The average molecular weight is 245 g/mol. The van der Waals surface area contributed by atoms with Crippen LogP contribution in [0, 0.1) is 0 Å². The summed E-state index contributed by atoms with van der Waals surface area (Å²) >= 11 is 5.90. The number of hydrazone groups is 1. The molecule has 86 valence electrons. The predicted octanol–water partition coefficient (Wildman–Crippen LogP) is 3.81. The van der Waals surface area contributed by atoms with Crippen LogP contribution in [0.25, 0.3) is 0 Å². The van der Waals surface area contributed by atoms with Gasteiger partial charge in [0.2, 0.25) is 0 Å². The minimum absolute atomic E-state index is 0.719. The first kappa shape index (κ1) is 11.7. The molecule has 0 bridgehead atoms. The van der Waals surface area contributed by atoms with Crippen LogP contribution in [-0.4, -0.2) is 13.3 Å². The van der Waals surface area contributed by atoms with Crippen molar-refractivity contribution in [3.8, 4) is 0 Å². The van der Waals surface area contributed by atoms with Crippen molar-refractivity contribution in [1.29, 1.82) is 0 Å².